The highest BCUT2D eigenvalue weighted by Gasteiger charge is 2.35. The second-order valence-electron chi connectivity index (χ2n) is 6.90. The Labute approximate surface area is 160 Å². The summed E-state index contributed by atoms with van der Waals surface area (Å²) in [4.78, 5) is 25.7. The molecule has 0 radical (unpaired) electrons. The molecule has 148 valence electrons. The van der Waals surface area contributed by atoms with E-state index in [4.69, 9.17) is 4.74 Å². The van der Waals surface area contributed by atoms with Gasteiger partial charge in [-0.1, -0.05) is 25.5 Å². The number of benzene rings is 1. The average Bonchev–Trinajstić information content (AvgIpc) is 2.92. The van der Waals surface area contributed by atoms with Crippen LogP contribution in [0.15, 0.2) is 24.3 Å². The zero-order chi connectivity index (χ0) is 19.4. The maximum Gasteiger partial charge on any atom is 0.261 e. The summed E-state index contributed by atoms with van der Waals surface area (Å²) >= 11 is 0. The number of ether oxygens (including phenoxy) is 1. The molecule has 1 aromatic rings. The van der Waals surface area contributed by atoms with Crippen molar-refractivity contribution in [3.05, 3.63) is 35.4 Å². The lowest BCUT2D eigenvalue weighted by Gasteiger charge is -2.34. The fraction of sp³-hybridized carbons (Fsp3) is 0.579. The van der Waals surface area contributed by atoms with Crippen LogP contribution in [-0.4, -0.2) is 67.5 Å². The van der Waals surface area contributed by atoms with E-state index >= 15 is 0 Å². The Morgan fingerprint density at radius 2 is 1.74 bits per heavy atom. The average molecular weight is 394 g/mol. The first kappa shape index (κ1) is 20.0. The molecule has 1 unspecified atom stereocenters. The van der Waals surface area contributed by atoms with Crippen LogP contribution in [0, 0.1) is 0 Å². The fourth-order valence-electron chi connectivity index (χ4n) is 3.73. The van der Waals surface area contributed by atoms with Crippen LogP contribution in [0.3, 0.4) is 0 Å². The lowest BCUT2D eigenvalue weighted by Crippen LogP contribution is -2.45. The zero-order valence-electron chi connectivity index (χ0n) is 15.6. The van der Waals surface area contributed by atoms with E-state index in [-0.39, 0.29) is 43.4 Å². The van der Waals surface area contributed by atoms with Gasteiger partial charge >= 0.3 is 0 Å². The Balaban J connectivity index is 1.46. The van der Waals surface area contributed by atoms with E-state index in [2.05, 4.69) is 0 Å². The van der Waals surface area contributed by atoms with Crippen molar-refractivity contribution in [2.75, 3.05) is 32.1 Å². The minimum atomic E-state index is -3.35. The molecule has 0 N–H and O–H groups in total. The highest BCUT2D eigenvalue weighted by atomic mass is 32.2. The molecule has 2 aliphatic heterocycles. The molecule has 27 heavy (non-hydrogen) atoms. The number of sulfonamides is 1. The predicted octanol–water partition coefficient (Wildman–Crippen LogP) is 1.89. The number of hydrogen-bond acceptors (Lipinski definition) is 5. The number of imide groups is 1. The molecule has 1 fully saturated rings. The number of rotatable bonds is 8. The largest absolute Gasteiger partial charge is 0.378 e. The molecule has 1 atom stereocenters. The zero-order valence-corrected chi connectivity index (χ0v) is 16.4. The third kappa shape index (κ3) is 4.23. The van der Waals surface area contributed by atoms with Crippen LogP contribution in [-0.2, 0) is 14.8 Å². The lowest BCUT2D eigenvalue weighted by molar-refractivity contribution is 0.0574. The second-order valence-corrected chi connectivity index (χ2v) is 8.95. The topological polar surface area (TPSA) is 84.0 Å². The van der Waals surface area contributed by atoms with Crippen molar-refractivity contribution in [1.82, 2.24) is 9.21 Å². The third-order valence-corrected chi connectivity index (χ3v) is 7.10. The predicted molar refractivity (Wildman–Crippen MR) is 101 cm³/mol. The maximum absolute atomic E-state index is 12.6. The Morgan fingerprint density at radius 1 is 1.07 bits per heavy atom. The molecule has 0 aliphatic carbocycles. The van der Waals surface area contributed by atoms with Crippen molar-refractivity contribution < 1.29 is 22.7 Å². The normalized spacial score (nSPS) is 20.9. The molecule has 2 heterocycles. The van der Waals surface area contributed by atoms with Crippen LogP contribution >= 0.6 is 0 Å². The first-order chi connectivity index (χ1) is 13.0. The number of nitrogens with zero attached hydrogens (tertiary/aromatic N) is 2. The SMILES string of the molecule is CCC1CCCCN1S(=O)(=O)CCOCCN1C(=O)c2ccccc2C1=O. The smallest absolute Gasteiger partial charge is 0.261 e. The highest BCUT2D eigenvalue weighted by Crippen LogP contribution is 2.23. The van der Waals surface area contributed by atoms with E-state index in [9.17, 15) is 18.0 Å². The van der Waals surface area contributed by atoms with Crippen molar-refractivity contribution in [1.29, 1.82) is 0 Å². The van der Waals surface area contributed by atoms with Gasteiger partial charge in [-0.3, -0.25) is 14.5 Å². The van der Waals surface area contributed by atoms with Crippen LogP contribution < -0.4 is 0 Å². The molecule has 2 aliphatic rings. The summed E-state index contributed by atoms with van der Waals surface area (Å²) in [5.74, 6) is -0.733. The Kier molecular flexibility index (Phi) is 6.29. The molecular weight excluding hydrogens is 368 g/mol. The number of carbonyl (C=O) groups is 2. The standard InChI is InChI=1S/C19H26N2O5S/c1-2-15-7-5-6-10-21(15)27(24,25)14-13-26-12-11-20-18(22)16-8-3-4-9-17(16)19(20)23/h3-4,8-9,15H,2,5-7,10-14H2,1H3. The number of fused-ring (bicyclic) bond motifs is 1. The summed E-state index contributed by atoms with van der Waals surface area (Å²) in [6.45, 7) is 2.89. The third-order valence-electron chi connectivity index (χ3n) is 5.22. The number of hydrogen-bond donors (Lipinski definition) is 0. The molecule has 7 nitrogen and oxygen atoms in total. The Bertz CT molecular complexity index is 773. The molecule has 1 aromatic carbocycles. The summed E-state index contributed by atoms with van der Waals surface area (Å²) in [7, 11) is -3.35. The van der Waals surface area contributed by atoms with E-state index in [1.165, 1.54) is 0 Å². The van der Waals surface area contributed by atoms with Gasteiger partial charge in [-0.05, 0) is 31.4 Å². The van der Waals surface area contributed by atoms with Gasteiger partial charge in [-0.25, -0.2) is 8.42 Å². The van der Waals surface area contributed by atoms with Crippen LogP contribution in [0.2, 0.25) is 0 Å². The summed E-state index contributed by atoms with van der Waals surface area (Å²) in [6, 6.07) is 6.79. The van der Waals surface area contributed by atoms with Gasteiger partial charge in [0, 0.05) is 12.6 Å². The second kappa shape index (κ2) is 8.50. The molecule has 0 bridgehead atoms. The van der Waals surface area contributed by atoms with Gasteiger partial charge in [0.2, 0.25) is 10.0 Å². The summed E-state index contributed by atoms with van der Waals surface area (Å²) < 4.78 is 32.2. The first-order valence-electron chi connectivity index (χ1n) is 9.48. The minimum Gasteiger partial charge on any atom is -0.378 e. The summed E-state index contributed by atoms with van der Waals surface area (Å²) in [5, 5.41) is 0. The number of piperidine rings is 1. The van der Waals surface area contributed by atoms with E-state index < -0.39 is 10.0 Å². The molecular formula is C19H26N2O5S. The number of amides is 2. The van der Waals surface area contributed by atoms with Gasteiger partial charge in [0.1, 0.15) is 0 Å². The van der Waals surface area contributed by atoms with Crippen molar-refractivity contribution >= 4 is 21.8 Å². The molecule has 2 amide bonds. The molecule has 0 saturated carbocycles. The van der Waals surface area contributed by atoms with Gasteiger partial charge in [0.05, 0.1) is 36.6 Å². The van der Waals surface area contributed by atoms with Crippen molar-refractivity contribution in [3.63, 3.8) is 0 Å². The van der Waals surface area contributed by atoms with Crippen LogP contribution in [0.1, 0.15) is 53.3 Å². The molecule has 0 aromatic heterocycles. The van der Waals surface area contributed by atoms with Crippen LogP contribution in [0.25, 0.3) is 0 Å². The first-order valence-corrected chi connectivity index (χ1v) is 11.1. The highest BCUT2D eigenvalue weighted by molar-refractivity contribution is 7.89. The Morgan fingerprint density at radius 3 is 2.37 bits per heavy atom. The summed E-state index contributed by atoms with van der Waals surface area (Å²) in [6.07, 6.45) is 3.70. The van der Waals surface area contributed by atoms with Gasteiger partial charge in [0.25, 0.3) is 11.8 Å². The van der Waals surface area contributed by atoms with Gasteiger partial charge < -0.3 is 4.74 Å². The molecule has 3 rings (SSSR count). The molecule has 8 heteroatoms. The van der Waals surface area contributed by atoms with Crippen molar-refractivity contribution in [2.24, 2.45) is 0 Å². The van der Waals surface area contributed by atoms with Crippen LogP contribution in [0.5, 0.6) is 0 Å². The van der Waals surface area contributed by atoms with Gasteiger partial charge in [-0.15, -0.1) is 0 Å². The van der Waals surface area contributed by atoms with Crippen molar-refractivity contribution in [3.8, 4) is 0 Å². The van der Waals surface area contributed by atoms with Crippen molar-refractivity contribution in [2.45, 2.75) is 38.6 Å². The quantitative estimate of drug-likeness (QED) is 0.497. The van der Waals surface area contributed by atoms with E-state index in [0.29, 0.717) is 17.7 Å². The van der Waals surface area contributed by atoms with Gasteiger partial charge in [-0.2, -0.15) is 4.31 Å². The molecule has 0 spiro atoms. The van der Waals surface area contributed by atoms with E-state index in [1.54, 1.807) is 28.6 Å². The fourth-order valence-corrected chi connectivity index (χ4v) is 5.41. The summed E-state index contributed by atoms with van der Waals surface area (Å²) in [5.41, 5.74) is 0.807. The van der Waals surface area contributed by atoms with E-state index in [1.807, 2.05) is 6.92 Å². The monoisotopic (exact) mass is 394 g/mol. The minimum absolute atomic E-state index is 0.0540. The Hall–Kier alpha value is -1.77. The van der Waals surface area contributed by atoms with Crippen LogP contribution in [0.4, 0.5) is 0 Å². The molecule has 1 saturated heterocycles. The van der Waals surface area contributed by atoms with Gasteiger partial charge in [0.15, 0.2) is 0 Å². The lowest BCUT2D eigenvalue weighted by atomic mass is 10.0. The van der Waals surface area contributed by atoms with E-state index in [0.717, 1.165) is 30.6 Å². The number of carbonyl (C=O) groups excluding carboxylic acids is 2. The maximum atomic E-state index is 12.6.